The number of alkyl halides is 3. The molecule has 152 valence electrons. The van der Waals surface area contributed by atoms with Gasteiger partial charge in [0.2, 0.25) is 15.9 Å². The van der Waals surface area contributed by atoms with Gasteiger partial charge in [0, 0.05) is 30.6 Å². The standard InChI is InChI=1S/C16H16F3N3O4S2/c17-16(18,19)26-12-1-3-13(4-2-12)28(24,25)22-8-5-11(6-9-22)14(23)21-15-20-7-10-27-15/h1-4,7,10-11H,5-6,8-9H2,(H,20,21,23). The number of hydrogen-bond acceptors (Lipinski definition) is 6. The number of carbonyl (C=O) groups excluding carboxylic acids is 1. The van der Waals surface area contributed by atoms with Gasteiger partial charge in [0.15, 0.2) is 5.13 Å². The molecule has 1 aromatic heterocycles. The summed E-state index contributed by atoms with van der Waals surface area (Å²) in [6, 6.07) is 4.04. The molecular weight excluding hydrogens is 419 g/mol. The van der Waals surface area contributed by atoms with Gasteiger partial charge in [0.1, 0.15) is 5.75 Å². The van der Waals surface area contributed by atoms with E-state index in [-0.39, 0.29) is 29.8 Å². The van der Waals surface area contributed by atoms with Gasteiger partial charge in [-0.25, -0.2) is 13.4 Å². The lowest BCUT2D eigenvalue weighted by Crippen LogP contribution is -2.41. The van der Waals surface area contributed by atoms with Crippen LogP contribution < -0.4 is 10.1 Å². The topological polar surface area (TPSA) is 88.6 Å². The van der Waals surface area contributed by atoms with Gasteiger partial charge in [0.05, 0.1) is 4.90 Å². The van der Waals surface area contributed by atoms with Crippen molar-refractivity contribution in [1.29, 1.82) is 0 Å². The van der Waals surface area contributed by atoms with Crippen LogP contribution >= 0.6 is 11.3 Å². The summed E-state index contributed by atoms with van der Waals surface area (Å²) in [6.45, 7) is 0.276. The molecule has 3 rings (SSSR count). The summed E-state index contributed by atoms with van der Waals surface area (Å²) < 4.78 is 66.9. The molecule has 1 amide bonds. The van der Waals surface area contributed by atoms with Gasteiger partial charge in [-0.2, -0.15) is 4.31 Å². The molecule has 0 aliphatic carbocycles. The Morgan fingerprint density at radius 1 is 1.21 bits per heavy atom. The Hall–Kier alpha value is -2.18. The maximum Gasteiger partial charge on any atom is 0.573 e. The van der Waals surface area contributed by atoms with E-state index in [1.165, 1.54) is 15.6 Å². The quantitative estimate of drug-likeness (QED) is 0.780. The van der Waals surface area contributed by atoms with Crippen LogP contribution in [0.3, 0.4) is 0 Å². The lowest BCUT2D eigenvalue weighted by molar-refractivity contribution is -0.274. The van der Waals surface area contributed by atoms with Crippen molar-refractivity contribution in [2.24, 2.45) is 5.92 Å². The fourth-order valence-corrected chi connectivity index (χ4v) is 4.81. The number of aromatic nitrogens is 1. The molecule has 7 nitrogen and oxygen atoms in total. The normalized spacial score (nSPS) is 16.7. The van der Waals surface area contributed by atoms with Crippen LogP contribution in [0.2, 0.25) is 0 Å². The molecule has 0 atom stereocenters. The highest BCUT2D eigenvalue weighted by Crippen LogP contribution is 2.28. The summed E-state index contributed by atoms with van der Waals surface area (Å²) >= 11 is 1.29. The van der Waals surface area contributed by atoms with Crippen molar-refractivity contribution in [3.63, 3.8) is 0 Å². The van der Waals surface area contributed by atoms with Gasteiger partial charge in [-0.1, -0.05) is 0 Å². The van der Waals surface area contributed by atoms with E-state index in [1.54, 1.807) is 11.6 Å². The van der Waals surface area contributed by atoms with Crippen molar-refractivity contribution < 1.29 is 31.1 Å². The van der Waals surface area contributed by atoms with E-state index in [4.69, 9.17) is 0 Å². The number of ether oxygens (including phenoxy) is 1. The average Bonchev–Trinajstić information content (AvgIpc) is 3.14. The smallest absolute Gasteiger partial charge is 0.406 e. The number of benzene rings is 1. The number of nitrogens with one attached hydrogen (secondary N) is 1. The highest BCUT2D eigenvalue weighted by atomic mass is 32.2. The van der Waals surface area contributed by atoms with E-state index in [1.807, 2.05) is 0 Å². The summed E-state index contributed by atoms with van der Waals surface area (Å²) in [5, 5.41) is 4.92. The maximum atomic E-state index is 12.7. The summed E-state index contributed by atoms with van der Waals surface area (Å²) in [6.07, 6.45) is -2.60. The largest absolute Gasteiger partial charge is 0.573 e. The second-order valence-corrected chi connectivity index (χ2v) is 8.86. The fourth-order valence-electron chi connectivity index (χ4n) is 2.81. The van der Waals surface area contributed by atoms with Gasteiger partial charge in [-0.15, -0.1) is 24.5 Å². The van der Waals surface area contributed by atoms with E-state index in [0.717, 1.165) is 24.3 Å². The second kappa shape index (κ2) is 8.05. The van der Waals surface area contributed by atoms with Gasteiger partial charge >= 0.3 is 6.36 Å². The third-order valence-corrected chi connectivity index (χ3v) is 6.78. The zero-order chi connectivity index (χ0) is 20.4. The van der Waals surface area contributed by atoms with Crippen molar-refractivity contribution in [1.82, 2.24) is 9.29 Å². The SMILES string of the molecule is O=C(Nc1nccs1)C1CCN(S(=O)(=O)c2ccc(OC(F)(F)F)cc2)CC1. The lowest BCUT2D eigenvalue weighted by Gasteiger charge is -2.30. The zero-order valence-electron chi connectivity index (χ0n) is 14.3. The highest BCUT2D eigenvalue weighted by Gasteiger charge is 2.33. The molecule has 0 spiro atoms. The van der Waals surface area contributed by atoms with Crippen LogP contribution in [0, 0.1) is 5.92 Å². The number of carbonyl (C=O) groups is 1. The van der Waals surface area contributed by atoms with Crippen molar-refractivity contribution in [2.45, 2.75) is 24.1 Å². The van der Waals surface area contributed by atoms with E-state index in [2.05, 4.69) is 15.0 Å². The van der Waals surface area contributed by atoms with Crippen LogP contribution in [-0.2, 0) is 14.8 Å². The number of amides is 1. The van der Waals surface area contributed by atoms with Gasteiger partial charge in [0.25, 0.3) is 0 Å². The first-order chi connectivity index (χ1) is 13.1. The molecule has 0 radical (unpaired) electrons. The van der Waals surface area contributed by atoms with Crippen LogP contribution in [0.1, 0.15) is 12.8 Å². The molecule has 1 aromatic carbocycles. The Bertz CT molecular complexity index is 908. The van der Waals surface area contributed by atoms with Crippen molar-refractivity contribution >= 4 is 32.4 Å². The minimum atomic E-state index is -4.85. The van der Waals surface area contributed by atoms with E-state index < -0.39 is 22.1 Å². The molecule has 2 aromatic rings. The summed E-state index contributed by atoms with van der Waals surface area (Å²) in [4.78, 5) is 16.1. The number of nitrogens with zero attached hydrogens (tertiary/aromatic N) is 2. The number of anilines is 1. The molecule has 1 fully saturated rings. The zero-order valence-corrected chi connectivity index (χ0v) is 16.0. The van der Waals surface area contributed by atoms with Gasteiger partial charge in [-0.05, 0) is 37.1 Å². The van der Waals surface area contributed by atoms with Crippen LogP contribution in [0.4, 0.5) is 18.3 Å². The first-order valence-electron chi connectivity index (χ1n) is 8.21. The molecule has 0 unspecified atom stereocenters. The molecule has 1 aliphatic heterocycles. The van der Waals surface area contributed by atoms with E-state index >= 15 is 0 Å². The van der Waals surface area contributed by atoms with Crippen molar-refractivity contribution in [3.8, 4) is 5.75 Å². The first-order valence-corrected chi connectivity index (χ1v) is 10.5. The van der Waals surface area contributed by atoms with Crippen LogP contribution in [0.25, 0.3) is 0 Å². The lowest BCUT2D eigenvalue weighted by atomic mass is 9.97. The predicted molar refractivity (Wildman–Crippen MR) is 95.4 cm³/mol. The van der Waals surface area contributed by atoms with Crippen molar-refractivity contribution in [3.05, 3.63) is 35.8 Å². The fraction of sp³-hybridized carbons (Fsp3) is 0.375. The second-order valence-electron chi connectivity index (χ2n) is 6.02. The molecule has 0 bridgehead atoms. The number of halogens is 3. The number of thiazole rings is 1. The summed E-state index contributed by atoms with van der Waals surface area (Å²) in [5.74, 6) is -1.04. The Labute approximate surface area is 163 Å². The Morgan fingerprint density at radius 3 is 2.39 bits per heavy atom. The highest BCUT2D eigenvalue weighted by molar-refractivity contribution is 7.89. The summed E-state index contributed by atoms with van der Waals surface area (Å²) in [5.41, 5.74) is 0. The Balaban J connectivity index is 1.60. The average molecular weight is 435 g/mol. The van der Waals surface area contributed by atoms with Crippen LogP contribution in [0.5, 0.6) is 5.75 Å². The van der Waals surface area contributed by atoms with Gasteiger partial charge < -0.3 is 10.1 Å². The third kappa shape index (κ3) is 5.00. The van der Waals surface area contributed by atoms with Crippen molar-refractivity contribution in [2.75, 3.05) is 18.4 Å². The van der Waals surface area contributed by atoms with E-state index in [0.29, 0.717) is 18.0 Å². The van der Waals surface area contributed by atoms with Crippen LogP contribution in [0.15, 0.2) is 40.7 Å². The molecular formula is C16H16F3N3O4S2. The van der Waals surface area contributed by atoms with Crippen LogP contribution in [-0.4, -0.2) is 43.1 Å². The van der Waals surface area contributed by atoms with E-state index in [9.17, 15) is 26.4 Å². The molecule has 12 heteroatoms. The molecule has 0 saturated carbocycles. The minimum absolute atomic E-state index is 0.132. The number of rotatable bonds is 5. The maximum absolute atomic E-state index is 12.7. The molecule has 1 N–H and O–H groups in total. The molecule has 1 aliphatic rings. The summed E-state index contributed by atoms with van der Waals surface area (Å²) in [7, 11) is -3.87. The Morgan fingerprint density at radius 2 is 1.86 bits per heavy atom. The van der Waals surface area contributed by atoms with Gasteiger partial charge in [-0.3, -0.25) is 4.79 Å². The number of piperidine rings is 1. The number of hydrogen-bond donors (Lipinski definition) is 1. The first kappa shape index (κ1) is 20.6. The molecule has 1 saturated heterocycles. The minimum Gasteiger partial charge on any atom is -0.406 e. The monoisotopic (exact) mass is 435 g/mol. The third-order valence-electron chi connectivity index (χ3n) is 4.18. The Kier molecular flexibility index (Phi) is 5.91. The predicted octanol–water partition coefficient (Wildman–Crippen LogP) is 3.08. The number of sulfonamides is 1. The molecule has 2 heterocycles. The molecule has 28 heavy (non-hydrogen) atoms.